The zero-order valence-electron chi connectivity index (χ0n) is 14.0. The van der Waals surface area contributed by atoms with Crippen molar-refractivity contribution in [3.8, 4) is 0 Å². The van der Waals surface area contributed by atoms with Crippen LogP contribution in [-0.4, -0.2) is 31.3 Å². The Bertz CT molecular complexity index is 634. The summed E-state index contributed by atoms with van der Waals surface area (Å²) in [6.45, 7) is 3.43. The highest BCUT2D eigenvalue weighted by Gasteiger charge is 2.17. The maximum absolute atomic E-state index is 12.4. The number of carbonyl (C=O) groups is 1. The van der Waals surface area contributed by atoms with E-state index in [9.17, 15) is 4.79 Å². The summed E-state index contributed by atoms with van der Waals surface area (Å²) in [7, 11) is 2.03. The van der Waals surface area contributed by atoms with E-state index in [1.807, 2.05) is 56.4 Å². The van der Waals surface area contributed by atoms with Gasteiger partial charge < -0.3 is 10.2 Å². The normalized spacial score (nSPS) is 11.8. The molecule has 2 aromatic rings. The Hall–Kier alpha value is -1.65. The van der Waals surface area contributed by atoms with Crippen LogP contribution in [0.5, 0.6) is 0 Å². The first-order valence-corrected chi connectivity index (χ1v) is 9.32. The molecule has 0 aliphatic rings. The summed E-state index contributed by atoms with van der Waals surface area (Å²) < 4.78 is 0. The van der Waals surface area contributed by atoms with Crippen molar-refractivity contribution in [2.24, 2.45) is 0 Å². The lowest BCUT2D eigenvalue weighted by Crippen LogP contribution is -2.37. The van der Waals surface area contributed by atoms with Crippen molar-refractivity contribution >= 4 is 35.0 Å². The van der Waals surface area contributed by atoms with Gasteiger partial charge in [0.15, 0.2) is 0 Å². The predicted molar refractivity (Wildman–Crippen MR) is 104 cm³/mol. The van der Waals surface area contributed by atoms with Crippen LogP contribution in [-0.2, 0) is 4.79 Å². The van der Waals surface area contributed by atoms with Gasteiger partial charge in [-0.15, -0.1) is 11.8 Å². The fourth-order valence-electron chi connectivity index (χ4n) is 2.27. The van der Waals surface area contributed by atoms with E-state index in [1.54, 1.807) is 11.8 Å². The van der Waals surface area contributed by atoms with Crippen LogP contribution >= 0.6 is 23.4 Å². The quantitative estimate of drug-likeness (QED) is 0.703. The van der Waals surface area contributed by atoms with Gasteiger partial charge in [0, 0.05) is 35.7 Å². The minimum atomic E-state index is -0.0896. The maximum atomic E-state index is 12.4. The molecule has 0 fully saturated rings. The van der Waals surface area contributed by atoms with Crippen molar-refractivity contribution in [3.63, 3.8) is 0 Å². The second-order valence-corrected chi connectivity index (χ2v) is 7.23. The average molecular weight is 363 g/mol. The molecule has 0 aliphatic heterocycles. The van der Waals surface area contributed by atoms with Gasteiger partial charge in [0.25, 0.3) is 0 Å². The monoisotopic (exact) mass is 362 g/mol. The number of nitrogens with one attached hydrogen (secondary N) is 1. The molecule has 1 N–H and O–H groups in total. The molecule has 3 nitrogen and oxygen atoms in total. The molecular weight excluding hydrogens is 340 g/mol. The number of para-hydroxylation sites is 1. The van der Waals surface area contributed by atoms with Crippen LogP contribution < -0.4 is 10.2 Å². The zero-order valence-corrected chi connectivity index (χ0v) is 15.6. The lowest BCUT2D eigenvalue weighted by molar-refractivity contribution is -0.120. The summed E-state index contributed by atoms with van der Waals surface area (Å²) in [6, 6.07) is 17.8. The van der Waals surface area contributed by atoms with E-state index in [0.717, 1.165) is 23.5 Å². The van der Waals surface area contributed by atoms with E-state index in [-0.39, 0.29) is 11.2 Å². The lowest BCUT2D eigenvalue weighted by atomic mass is 10.3. The van der Waals surface area contributed by atoms with Crippen LogP contribution in [0.4, 0.5) is 5.69 Å². The molecule has 0 bridgehead atoms. The first-order valence-electron chi connectivity index (χ1n) is 8.06. The smallest absolute Gasteiger partial charge is 0.233 e. The topological polar surface area (TPSA) is 32.3 Å². The van der Waals surface area contributed by atoms with Gasteiger partial charge >= 0.3 is 0 Å². The van der Waals surface area contributed by atoms with Crippen molar-refractivity contribution in [1.82, 2.24) is 5.32 Å². The van der Waals surface area contributed by atoms with Gasteiger partial charge in [0.1, 0.15) is 0 Å². The third-order valence-electron chi connectivity index (χ3n) is 3.70. The first-order chi connectivity index (χ1) is 11.6. The van der Waals surface area contributed by atoms with E-state index < -0.39 is 0 Å². The number of rotatable bonds is 8. The molecule has 0 saturated carbocycles. The number of amides is 1. The van der Waals surface area contributed by atoms with Crippen molar-refractivity contribution in [1.29, 1.82) is 0 Å². The second-order valence-electron chi connectivity index (χ2n) is 5.52. The molecule has 5 heteroatoms. The Balaban J connectivity index is 1.80. The molecule has 2 aromatic carbocycles. The maximum Gasteiger partial charge on any atom is 0.233 e. The Kier molecular flexibility index (Phi) is 7.47. The average Bonchev–Trinajstić information content (AvgIpc) is 2.61. The van der Waals surface area contributed by atoms with Gasteiger partial charge in [-0.25, -0.2) is 0 Å². The molecule has 0 unspecified atom stereocenters. The molecule has 0 heterocycles. The van der Waals surface area contributed by atoms with Crippen LogP contribution in [0, 0.1) is 0 Å². The van der Waals surface area contributed by atoms with Crippen molar-refractivity contribution in [3.05, 3.63) is 59.6 Å². The molecule has 0 saturated heterocycles. The van der Waals surface area contributed by atoms with Gasteiger partial charge in [0.2, 0.25) is 5.91 Å². The van der Waals surface area contributed by atoms with Crippen molar-refractivity contribution < 1.29 is 4.79 Å². The Morgan fingerprint density at radius 2 is 1.83 bits per heavy atom. The van der Waals surface area contributed by atoms with Crippen molar-refractivity contribution in [2.45, 2.75) is 23.5 Å². The van der Waals surface area contributed by atoms with E-state index in [2.05, 4.69) is 22.3 Å². The summed E-state index contributed by atoms with van der Waals surface area (Å²) in [5, 5.41) is 3.66. The molecule has 0 aliphatic carbocycles. The summed E-state index contributed by atoms with van der Waals surface area (Å²) in [4.78, 5) is 15.6. The number of benzene rings is 2. The number of anilines is 1. The highest BCUT2D eigenvalue weighted by atomic mass is 35.5. The van der Waals surface area contributed by atoms with Gasteiger partial charge in [-0.05, 0) is 42.8 Å². The molecule has 1 atom stereocenters. The van der Waals surface area contributed by atoms with E-state index >= 15 is 0 Å². The fourth-order valence-corrected chi connectivity index (χ4v) is 3.38. The number of hydrogen-bond acceptors (Lipinski definition) is 3. The minimum Gasteiger partial charge on any atom is -0.373 e. The van der Waals surface area contributed by atoms with Crippen LogP contribution in [0.15, 0.2) is 59.5 Å². The first kappa shape index (κ1) is 18.7. The predicted octanol–water partition coefficient (Wildman–Crippen LogP) is 4.46. The lowest BCUT2D eigenvalue weighted by Gasteiger charge is -2.20. The van der Waals surface area contributed by atoms with Gasteiger partial charge in [-0.3, -0.25) is 4.79 Å². The Labute approximate surface area is 153 Å². The molecule has 1 amide bonds. The van der Waals surface area contributed by atoms with Crippen LogP contribution in [0.1, 0.15) is 13.3 Å². The van der Waals surface area contributed by atoms with E-state index in [1.165, 1.54) is 0 Å². The number of nitrogens with zero attached hydrogens (tertiary/aromatic N) is 1. The highest BCUT2D eigenvalue weighted by molar-refractivity contribution is 8.00. The molecule has 2 rings (SSSR count). The Morgan fingerprint density at radius 1 is 1.17 bits per heavy atom. The number of thioether (sulfide) groups is 1. The van der Waals surface area contributed by atoms with E-state index in [0.29, 0.717) is 11.6 Å². The molecule has 128 valence electrons. The Morgan fingerprint density at radius 3 is 2.46 bits per heavy atom. The molecule has 0 radical (unpaired) electrons. The SMILES string of the molecule is CC[C@H](Sc1ccc(Cl)cc1)C(=O)NCCN(C)c1ccccc1. The second kappa shape index (κ2) is 9.60. The largest absolute Gasteiger partial charge is 0.373 e. The fraction of sp³-hybridized carbons (Fsp3) is 0.316. The summed E-state index contributed by atoms with van der Waals surface area (Å²) >= 11 is 7.48. The molecular formula is C19H23ClN2OS. The number of likely N-dealkylation sites (N-methyl/N-ethyl adjacent to an activating group) is 1. The van der Waals surface area contributed by atoms with Crippen molar-refractivity contribution in [2.75, 3.05) is 25.0 Å². The van der Waals surface area contributed by atoms with Gasteiger partial charge in [-0.2, -0.15) is 0 Å². The number of halogens is 1. The summed E-state index contributed by atoms with van der Waals surface area (Å²) in [5.74, 6) is 0.0823. The third-order valence-corrected chi connectivity index (χ3v) is 5.33. The summed E-state index contributed by atoms with van der Waals surface area (Å²) in [5.41, 5.74) is 1.15. The number of carbonyl (C=O) groups excluding carboxylic acids is 1. The van der Waals surface area contributed by atoms with Crippen LogP contribution in [0.3, 0.4) is 0 Å². The summed E-state index contributed by atoms with van der Waals surface area (Å²) in [6.07, 6.45) is 0.785. The van der Waals surface area contributed by atoms with Gasteiger partial charge in [0.05, 0.1) is 5.25 Å². The molecule has 0 spiro atoms. The molecule has 0 aromatic heterocycles. The minimum absolute atomic E-state index is 0.0823. The van der Waals surface area contributed by atoms with Crippen LogP contribution in [0.25, 0.3) is 0 Å². The standard InChI is InChI=1S/C19H23ClN2OS/c1-3-18(24-17-11-9-15(20)10-12-17)19(23)21-13-14-22(2)16-7-5-4-6-8-16/h4-12,18H,3,13-14H2,1-2H3,(H,21,23)/t18-/m0/s1. The zero-order chi connectivity index (χ0) is 17.4. The highest BCUT2D eigenvalue weighted by Crippen LogP contribution is 2.26. The molecule has 24 heavy (non-hydrogen) atoms. The third kappa shape index (κ3) is 5.77. The number of hydrogen-bond donors (Lipinski definition) is 1. The van der Waals surface area contributed by atoms with Crippen LogP contribution in [0.2, 0.25) is 5.02 Å². The van der Waals surface area contributed by atoms with Gasteiger partial charge in [-0.1, -0.05) is 36.7 Å². The van der Waals surface area contributed by atoms with E-state index in [4.69, 9.17) is 11.6 Å².